The minimum absolute atomic E-state index is 0.715. The van der Waals surface area contributed by atoms with Gasteiger partial charge in [-0.1, -0.05) is 23.7 Å². The fourth-order valence-electron chi connectivity index (χ4n) is 2.72. The topological polar surface area (TPSA) is 85.7 Å². The molecular weight excluding hydrogens is 402 g/mol. The van der Waals surface area contributed by atoms with Crippen LogP contribution < -0.4 is 9.47 Å². The third kappa shape index (κ3) is 6.09. The first kappa shape index (κ1) is 21.9. The summed E-state index contributed by atoms with van der Waals surface area (Å²) in [7, 11) is -0.374. The highest BCUT2D eigenvalue weighted by Gasteiger charge is 2.12. The minimum atomic E-state index is -3.67. The van der Waals surface area contributed by atoms with Crippen molar-refractivity contribution in [2.24, 2.45) is 0 Å². The molecule has 8 heteroatoms. The quantitative estimate of drug-likeness (QED) is 0.629. The summed E-state index contributed by atoms with van der Waals surface area (Å²) in [4.78, 5) is 4.53. The average Bonchev–Trinajstić information content (AvgIpc) is 2.63. The van der Waals surface area contributed by atoms with Gasteiger partial charge in [-0.05, 0) is 54.1 Å². The smallest absolute Gasteiger partial charge is 0.261 e. The van der Waals surface area contributed by atoms with E-state index in [0.29, 0.717) is 12.0 Å². The standard InChI is InChI=1S/C19H18ClNO2.CH4O3S/c1-12-16-9-18(22-2)19(23-3)10-17(16)14(11-21-12)8-13-4-6-15(20)7-5-13;1-5(2,3)4/h4-7,9-11H,8H2,1-3H3;1H3,(H,2,3,4). The van der Waals surface area contributed by atoms with E-state index >= 15 is 0 Å². The van der Waals surface area contributed by atoms with Crippen LogP contribution >= 0.6 is 11.6 Å². The van der Waals surface area contributed by atoms with E-state index in [-0.39, 0.29) is 0 Å². The zero-order chi connectivity index (χ0) is 20.9. The summed E-state index contributed by atoms with van der Waals surface area (Å²) in [5, 5.41) is 2.95. The first-order chi connectivity index (χ1) is 13.1. The lowest BCUT2D eigenvalue weighted by atomic mass is 9.99. The van der Waals surface area contributed by atoms with Gasteiger partial charge in [0, 0.05) is 22.3 Å². The molecule has 1 N–H and O–H groups in total. The molecule has 0 fully saturated rings. The minimum Gasteiger partial charge on any atom is -0.493 e. The third-order valence-electron chi connectivity index (χ3n) is 3.98. The van der Waals surface area contributed by atoms with Gasteiger partial charge in [0.2, 0.25) is 0 Å². The number of methoxy groups -OCH3 is 2. The van der Waals surface area contributed by atoms with Crippen molar-refractivity contribution in [1.82, 2.24) is 4.98 Å². The summed E-state index contributed by atoms with van der Waals surface area (Å²) < 4.78 is 36.7. The monoisotopic (exact) mass is 423 g/mol. The van der Waals surface area contributed by atoms with Crippen LogP contribution in [0.2, 0.25) is 5.02 Å². The van der Waals surface area contributed by atoms with Gasteiger partial charge in [-0.2, -0.15) is 8.42 Å². The van der Waals surface area contributed by atoms with Gasteiger partial charge in [-0.15, -0.1) is 0 Å². The lowest BCUT2D eigenvalue weighted by Crippen LogP contribution is -1.97. The van der Waals surface area contributed by atoms with Crippen molar-refractivity contribution in [3.63, 3.8) is 0 Å². The van der Waals surface area contributed by atoms with Gasteiger partial charge in [0.15, 0.2) is 11.5 Å². The van der Waals surface area contributed by atoms with Crippen molar-refractivity contribution in [2.45, 2.75) is 13.3 Å². The summed E-state index contributed by atoms with van der Waals surface area (Å²) in [5.41, 5.74) is 3.31. The highest BCUT2D eigenvalue weighted by molar-refractivity contribution is 7.85. The molecule has 2 aromatic carbocycles. The van der Waals surface area contributed by atoms with Crippen molar-refractivity contribution in [2.75, 3.05) is 20.5 Å². The molecular formula is C20H22ClNO5S. The van der Waals surface area contributed by atoms with E-state index in [4.69, 9.17) is 25.6 Å². The Morgan fingerprint density at radius 3 is 2.04 bits per heavy atom. The number of benzene rings is 2. The maximum Gasteiger partial charge on any atom is 0.261 e. The molecule has 0 aliphatic carbocycles. The maximum atomic E-state index is 9.19. The number of hydrogen-bond acceptors (Lipinski definition) is 5. The van der Waals surface area contributed by atoms with Crippen molar-refractivity contribution in [1.29, 1.82) is 0 Å². The predicted octanol–water partition coefficient (Wildman–Crippen LogP) is 4.31. The van der Waals surface area contributed by atoms with E-state index in [1.807, 2.05) is 49.5 Å². The van der Waals surface area contributed by atoms with E-state index in [1.54, 1.807) is 14.2 Å². The molecule has 3 rings (SSSR count). The Morgan fingerprint density at radius 1 is 1.04 bits per heavy atom. The van der Waals surface area contributed by atoms with Crippen LogP contribution in [0.15, 0.2) is 42.6 Å². The van der Waals surface area contributed by atoms with Crippen molar-refractivity contribution in [3.8, 4) is 11.5 Å². The van der Waals surface area contributed by atoms with Gasteiger partial charge in [0.25, 0.3) is 10.1 Å². The third-order valence-corrected chi connectivity index (χ3v) is 4.23. The Bertz CT molecular complexity index is 1060. The SMILES string of the molecule is COc1cc2c(Cc3ccc(Cl)cc3)cnc(C)c2cc1OC.CS(=O)(=O)O. The average molecular weight is 424 g/mol. The molecule has 1 heterocycles. The number of rotatable bonds is 4. The molecule has 0 aliphatic rings. The van der Waals surface area contributed by atoms with Crippen LogP contribution in [-0.4, -0.2) is 38.4 Å². The summed E-state index contributed by atoms with van der Waals surface area (Å²) in [5.74, 6) is 1.44. The van der Waals surface area contributed by atoms with Gasteiger partial charge in [-0.25, -0.2) is 0 Å². The molecule has 0 aliphatic heterocycles. The van der Waals surface area contributed by atoms with Crippen LogP contribution in [0.3, 0.4) is 0 Å². The second kappa shape index (κ2) is 9.23. The molecule has 0 spiro atoms. The normalized spacial score (nSPS) is 10.9. The molecule has 0 radical (unpaired) electrons. The molecule has 0 saturated heterocycles. The zero-order valence-electron chi connectivity index (χ0n) is 16.1. The Kier molecular flexibility index (Phi) is 7.23. The second-order valence-electron chi connectivity index (χ2n) is 6.16. The van der Waals surface area contributed by atoms with Gasteiger partial charge in [0.05, 0.1) is 20.5 Å². The highest BCUT2D eigenvalue weighted by Crippen LogP contribution is 2.35. The number of hydrogen-bond donors (Lipinski definition) is 1. The second-order valence-corrected chi connectivity index (χ2v) is 8.06. The Hall–Kier alpha value is -2.35. The highest BCUT2D eigenvalue weighted by atomic mass is 35.5. The van der Waals surface area contributed by atoms with Crippen LogP contribution in [0.4, 0.5) is 0 Å². The van der Waals surface area contributed by atoms with E-state index in [1.165, 1.54) is 5.56 Å². The van der Waals surface area contributed by atoms with E-state index in [9.17, 15) is 8.42 Å². The first-order valence-corrected chi connectivity index (χ1v) is 10.5. The summed E-state index contributed by atoms with van der Waals surface area (Å²) >= 11 is 5.96. The largest absolute Gasteiger partial charge is 0.493 e. The van der Waals surface area contributed by atoms with Gasteiger partial charge < -0.3 is 9.47 Å². The number of aryl methyl sites for hydroxylation is 1. The van der Waals surface area contributed by atoms with Crippen LogP contribution in [0.5, 0.6) is 11.5 Å². The molecule has 3 aromatic rings. The van der Waals surface area contributed by atoms with Crippen LogP contribution in [0, 0.1) is 6.92 Å². The van der Waals surface area contributed by atoms with Crippen LogP contribution in [0.1, 0.15) is 16.8 Å². The van der Waals surface area contributed by atoms with E-state index in [0.717, 1.165) is 39.2 Å². The maximum absolute atomic E-state index is 9.19. The number of nitrogens with zero attached hydrogens (tertiary/aromatic N) is 1. The Morgan fingerprint density at radius 2 is 1.54 bits per heavy atom. The molecule has 0 bridgehead atoms. The lowest BCUT2D eigenvalue weighted by Gasteiger charge is -2.13. The zero-order valence-corrected chi connectivity index (χ0v) is 17.6. The first-order valence-electron chi connectivity index (χ1n) is 8.29. The van der Waals surface area contributed by atoms with Crippen molar-refractivity contribution >= 4 is 32.5 Å². The fourth-order valence-corrected chi connectivity index (χ4v) is 2.85. The fraction of sp³-hybridized carbons (Fsp3) is 0.250. The number of halogens is 1. The molecule has 1 aromatic heterocycles. The predicted molar refractivity (Wildman–Crippen MR) is 111 cm³/mol. The van der Waals surface area contributed by atoms with Crippen molar-refractivity contribution < 1.29 is 22.4 Å². The number of aromatic nitrogens is 1. The summed E-state index contributed by atoms with van der Waals surface area (Å²) in [6.45, 7) is 2.00. The van der Waals surface area contributed by atoms with Crippen LogP contribution in [0.25, 0.3) is 10.8 Å². The Labute approximate surface area is 169 Å². The van der Waals surface area contributed by atoms with Crippen LogP contribution in [-0.2, 0) is 16.5 Å². The number of fused-ring (bicyclic) bond motifs is 1. The molecule has 0 saturated carbocycles. The molecule has 150 valence electrons. The van der Waals surface area contributed by atoms with Gasteiger partial charge >= 0.3 is 0 Å². The number of ether oxygens (including phenoxy) is 2. The lowest BCUT2D eigenvalue weighted by molar-refractivity contribution is 0.356. The van der Waals surface area contributed by atoms with E-state index in [2.05, 4.69) is 4.98 Å². The summed E-state index contributed by atoms with van der Waals surface area (Å²) in [6, 6.07) is 11.9. The molecule has 0 atom stereocenters. The molecule has 28 heavy (non-hydrogen) atoms. The molecule has 0 unspecified atom stereocenters. The Balaban J connectivity index is 0.000000500. The van der Waals surface area contributed by atoms with Gasteiger partial charge in [-0.3, -0.25) is 9.54 Å². The summed E-state index contributed by atoms with van der Waals surface area (Å²) in [6.07, 6.45) is 3.43. The molecule has 6 nitrogen and oxygen atoms in total. The molecule has 0 amide bonds. The van der Waals surface area contributed by atoms with E-state index < -0.39 is 10.1 Å². The van der Waals surface area contributed by atoms with Gasteiger partial charge in [0.1, 0.15) is 0 Å². The number of pyridine rings is 1. The van der Waals surface area contributed by atoms with Crippen molar-refractivity contribution in [3.05, 3.63) is 64.4 Å².